The van der Waals surface area contributed by atoms with Gasteiger partial charge < -0.3 is 4.98 Å². The van der Waals surface area contributed by atoms with E-state index in [9.17, 15) is 0 Å². The molecule has 0 aliphatic carbocycles. The normalized spacial score (nSPS) is 11.5. The van der Waals surface area contributed by atoms with E-state index in [0.717, 1.165) is 33.1 Å². The fourth-order valence-electron chi connectivity index (χ4n) is 2.07. The van der Waals surface area contributed by atoms with Gasteiger partial charge in [-0.15, -0.1) is 0 Å². The second kappa shape index (κ2) is 3.01. The van der Waals surface area contributed by atoms with Crippen molar-refractivity contribution < 1.29 is 0 Å². The van der Waals surface area contributed by atoms with Gasteiger partial charge >= 0.3 is 0 Å². The minimum Gasteiger partial charge on any atom is -0.352 e. The summed E-state index contributed by atoms with van der Waals surface area (Å²) in [5.74, 6) is 0. The maximum absolute atomic E-state index is 4.61. The largest absolute Gasteiger partial charge is 0.352 e. The summed E-state index contributed by atoms with van der Waals surface area (Å²) < 4.78 is 0. The van der Waals surface area contributed by atoms with E-state index in [2.05, 4.69) is 19.9 Å². The van der Waals surface area contributed by atoms with Gasteiger partial charge in [0.1, 0.15) is 6.33 Å². The predicted molar refractivity (Wildman–Crippen MR) is 66.7 cm³/mol. The summed E-state index contributed by atoms with van der Waals surface area (Å²) in [5, 5.41) is 0. The van der Waals surface area contributed by atoms with Gasteiger partial charge in [-0.2, -0.15) is 0 Å². The van der Waals surface area contributed by atoms with E-state index < -0.39 is 0 Å². The second-order valence-corrected chi connectivity index (χ2v) is 3.99. The Morgan fingerprint density at radius 3 is 2.53 bits per heavy atom. The Morgan fingerprint density at radius 1 is 0.765 bits per heavy atom. The number of para-hydroxylation sites is 2. The predicted octanol–water partition coefficient (Wildman–Crippen LogP) is 2.66. The molecule has 0 bridgehead atoms. The lowest BCUT2D eigenvalue weighted by Crippen LogP contribution is -1.87. The molecule has 4 rings (SSSR count). The lowest BCUT2D eigenvalue weighted by molar-refractivity contribution is 1.34. The van der Waals surface area contributed by atoms with Crippen LogP contribution in [0.2, 0.25) is 0 Å². The zero-order valence-electron chi connectivity index (χ0n) is 8.88. The third-order valence-electron chi connectivity index (χ3n) is 2.90. The molecule has 4 heteroatoms. The highest BCUT2D eigenvalue weighted by molar-refractivity contribution is 5.94. The Labute approximate surface area is 96.3 Å². The molecule has 0 atom stereocenters. The summed E-state index contributed by atoms with van der Waals surface area (Å²) in [6.07, 6.45) is 1.57. The molecule has 2 aromatic carbocycles. The Balaban J connectivity index is 2.23. The number of nitrogens with zero attached hydrogens (tertiary/aromatic N) is 3. The summed E-state index contributed by atoms with van der Waals surface area (Å²) >= 11 is 0. The maximum atomic E-state index is 4.61. The van der Waals surface area contributed by atoms with E-state index in [0.29, 0.717) is 0 Å². The fraction of sp³-hybridized carbons (Fsp3) is 0. The molecular weight excluding hydrogens is 212 g/mol. The highest BCUT2D eigenvalue weighted by Gasteiger charge is 2.03. The van der Waals surface area contributed by atoms with Gasteiger partial charge in [-0.1, -0.05) is 12.1 Å². The monoisotopic (exact) mass is 220 g/mol. The van der Waals surface area contributed by atoms with Gasteiger partial charge in [-0.25, -0.2) is 15.0 Å². The average molecular weight is 220 g/mol. The molecule has 0 saturated heterocycles. The van der Waals surface area contributed by atoms with Gasteiger partial charge in [-0.05, 0) is 24.3 Å². The van der Waals surface area contributed by atoms with E-state index in [4.69, 9.17) is 0 Å². The number of hydrogen-bond acceptors (Lipinski definition) is 3. The molecule has 17 heavy (non-hydrogen) atoms. The topological polar surface area (TPSA) is 54.5 Å². The fourth-order valence-corrected chi connectivity index (χ4v) is 2.07. The molecule has 0 amide bonds. The number of aromatic nitrogens is 4. The molecule has 2 aromatic heterocycles. The van der Waals surface area contributed by atoms with Crippen LogP contribution >= 0.6 is 0 Å². The Kier molecular flexibility index (Phi) is 1.53. The van der Waals surface area contributed by atoms with Crippen molar-refractivity contribution in [3.63, 3.8) is 0 Å². The molecule has 0 unspecified atom stereocenters. The van der Waals surface area contributed by atoms with Crippen LogP contribution < -0.4 is 0 Å². The quantitative estimate of drug-likeness (QED) is 0.463. The van der Waals surface area contributed by atoms with Crippen LogP contribution in [-0.4, -0.2) is 19.9 Å². The van der Waals surface area contributed by atoms with Crippen LogP contribution in [0.4, 0.5) is 0 Å². The van der Waals surface area contributed by atoms with Gasteiger partial charge in [0, 0.05) is 0 Å². The van der Waals surface area contributed by atoms with Crippen molar-refractivity contribution >= 4 is 33.1 Å². The minimum absolute atomic E-state index is 0.883. The van der Waals surface area contributed by atoms with Crippen LogP contribution in [0, 0.1) is 0 Å². The van der Waals surface area contributed by atoms with Crippen molar-refractivity contribution in [2.75, 3.05) is 0 Å². The van der Waals surface area contributed by atoms with E-state index in [-0.39, 0.29) is 0 Å². The molecule has 2 heterocycles. The Morgan fingerprint density at radius 2 is 1.59 bits per heavy atom. The summed E-state index contributed by atoms with van der Waals surface area (Å²) in [6.45, 7) is 0. The van der Waals surface area contributed by atoms with E-state index in [1.165, 1.54) is 0 Å². The van der Waals surface area contributed by atoms with Crippen molar-refractivity contribution in [1.29, 1.82) is 0 Å². The highest BCUT2D eigenvalue weighted by Crippen LogP contribution is 2.20. The number of rotatable bonds is 0. The lowest BCUT2D eigenvalue weighted by atomic mass is 10.2. The number of aromatic amines is 1. The smallest absolute Gasteiger partial charge is 0.116 e. The number of H-pyrrole nitrogens is 1. The Bertz CT molecular complexity index is 779. The van der Waals surface area contributed by atoms with Crippen molar-refractivity contribution in [2.24, 2.45) is 0 Å². The molecule has 0 spiro atoms. The standard InChI is InChI=1S/C13H8N4/c1-2-4-9-8(3-1)16-12-5-10-11(15-7-14-10)6-13(12)17-9/h1-7,16H. The van der Waals surface area contributed by atoms with E-state index in [1.54, 1.807) is 6.33 Å². The molecular formula is C13H8N4. The SMILES string of the molecule is c1ccc2[nH]c3cc4ncnc4cc3nc2c1. The number of benzene rings is 2. The molecule has 1 N–H and O–H groups in total. The van der Waals surface area contributed by atoms with Crippen LogP contribution in [0.15, 0.2) is 42.7 Å². The molecule has 0 radical (unpaired) electrons. The molecule has 0 aliphatic rings. The lowest BCUT2D eigenvalue weighted by Gasteiger charge is -2.01. The molecule has 0 saturated carbocycles. The number of nitrogens with one attached hydrogen (secondary N) is 1. The third-order valence-corrected chi connectivity index (χ3v) is 2.90. The van der Waals surface area contributed by atoms with Crippen LogP contribution in [-0.2, 0) is 0 Å². The molecule has 0 aliphatic heterocycles. The van der Waals surface area contributed by atoms with Crippen molar-refractivity contribution in [3.05, 3.63) is 42.7 Å². The minimum atomic E-state index is 0.883. The Hall–Kier alpha value is -2.49. The highest BCUT2D eigenvalue weighted by atomic mass is 14.9. The van der Waals surface area contributed by atoms with Gasteiger partial charge in [0.25, 0.3) is 0 Å². The van der Waals surface area contributed by atoms with Gasteiger partial charge in [0.2, 0.25) is 0 Å². The summed E-state index contributed by atoms with van der Waals surface area (Å²) in [5.41, 5.74) is 5.66. The number of imidazole rings is 1. The van der Waals surface area contributed by atoms with Gasteiger partial charge in [0.15, 0.2) is 0 Å². The molecule has 0 fully saturated rings. The first-order valence-corrected chi connectivity index (χ1v) is 5.39. The zero-order valence-corrected chi connectivity index (χ0v) is 8.88. The molecule has 4 aromatic rings. The molecule has 4 nitrogen and oxygen atoms in total. The van der Waals surface area contributed by atoms with Crippen LogP contribution in [0.25, 0.3) is 33.1 Å². The first kappa shape index (κ1) is 8.64. The zero-order chi connectivity index (χ0) is 11.2. The van der Waals surface area contributed by atoms with Gasteiger partial charge in [-0.3, -0.25) is 0 Å². The average Bonchev–Trinajstić information content (AvgIpc) is 2.80. The van der Waals surface area contributed by atoms with Crippen molar-refractivity contribution in [1.82, 2.24) is 19.9 Å². The van der Waals surface area contributed by atoms with Crippen molar-refractivity contribution in [3.8, 4) is 0 Å². The molecule has 80 valence electrons. The van der Waals surface area contributed by atoms with Crippen molar-refractivity contribution in [2.45, 2.75) is 0 Å². The van der Waals surface area contributed by atoms with Crippen LogP contribution in [0.3, 0.4) is 0 Å². The number of hydrogen-bond donors (Lipinski definition) is 1. The van der Waals surface area contributed by atoms with Crippen LogP contribution in [0.5, 0.6) is 0 Å². The summed E-state index contributed by atoms with van der Waals surface area (Å²) in [4.78, 5) is 16.3. The van der Waals surface area contributed by atoms with E-state index >= 15 is 0 Å². The number of fused-ring (bicyclic) bond motifs is 3. The third kappa shape index (κ3) is 1.21. The first-order chi connectivity index (χ1) is 8.40. The van der Waals surface area contributed by atoms with Crippen LogP contribution in [0.1, 0.15) is 0 Å². The van der Waals surface area contributed by atoms with Gasteiger partial charge in [0.05, 0.1) is 33.1 Å². The van der Waals surface area contributed by atoms with E-state index in [1.807, 2.05) is 36.4 Å². The second-order valence-electron chi connectivity index (χ2n) is 3.99. The summed E-state index contributed by atoms with van der Waals surface area (Å²) in [7, 11) is 0. The maximum Gasteiger partial charge on any atom is 0.116 e. The summed E-state index contributed by atoms with van der Waals surface area (Å²) in [6, 6.07) is 11.9. The first-order valence-electron chi connectivity index (χ1n) is 5.39.